The van der Waals surface area contributed by atoms with Crippen LogP contribution in [-0.4, -0.2) is 13.6 Å². The van der Waals surface area contributed by atoms with Crippen molar-refractivity contribution in [3.05, 3.63) is 52.2 Å². The second kappa shape index (κ2) is 6.03. The van der Waals surface area contributed by atoms with Crippen molar-refractivity contribution in [1.29, 1.82) is 0 Å². The van der Waals surface area contributed by atoms with E-state index in [0.29, 0.717) is 0 Å². The lowest BCUT2D eigenvalue weighted by Crippen LogP contribution is -2.22. The average Bonchev–Trinajstić information content (AvgIpc) is 2.89. The molecule has 2 aromatic rings. The van der Waals surface area contributed by atoms with E-state index in [0.717, 1.165) is 13.0 Å². The summed E-state index contributed by atoms with van der Waals surface area (Å²) < 4.78 is 0. The summed E-state index contributed by atoms with van der Waals surface area (Å²) in [5.74, 6) is 0. The Labute approximate surface area is 113 Å². The molecule has 0 aliphatic heterocycles. The van der Waals surface area contributed by atoms with E-state index in [1.165, 1.54) is 16.1 Å². The van der Waals surface area contributed by atoms with Gasteiger partial charge in [0.1, 0.15) is 0 Å². The zero-order valence-corrected chi connectivity index (χ0v) is 11.8. The van der Waals surface area contributed by atoms with Crippen molar-refractivity contribution >= 4 is 17.0 Å². The fourth-order valence-electron chi connectivity index (χ4n) is 2.07. The molecule has 1 aromatic heterocycles. The monoisotopic (exact) mass is 260 g/mol. The highest BCUT2D eigenvalue weighted by atomic mass is 32.1. The highest BCUT2D eigenvalue weighted by molar-refractivity contribution is 7.09. The Kier molecular flexibility index (Phi) is 4.39. The minimum absolute atomic E-state index is 0.0744. The van der Waals surface area contributed by atoms with Crippen LogP contribution in [0, 0.1) is 0 Å². The average molecular weight is 260 g/mol. The molecule has 0 unspecified atom stereocenters. The SMILES string of the molecule is C[C@@H](N)c1ccccc1N(C)CCc1cccs1. The first-order chi connectivity index (χ1) is 8.68. The van der Waals surface area contributed by atoms with Gasteiger partial charge in [0.25, 0.3) is 0 Å². The third-order valence-electron chi connectivity index (χ3n) is 3.11. The Bertz CT molecular complexity index is 477. The lowest BCUT2D eigenvalue weighted by atomic mass is 10.1. The lowest BCUT2D eigenvalue weighted by Gasteiger charge is -2.23. The summed E-state index contributed by atoms with van der Waals surface area (Å²) in [6.45, 7) is 3.05. The number of para-hydroxylation sites is 1. The van der Waals surface area contributed by atoms with Gasteiger partial charge in [0.15, 0.2) is 0 Å². The molecule has 0 amide bonds. The third-order valence-corrected chi connectivity index (χ3v) is 4.05. The van der Waals surface area contributed by atoms with Gasteiger partial charge in [0, 0.05) is 30.2 Å². The molecule has 3 heteroatoms. The van der Waals surface area contributed by atoms with Crippen LogP contribution in [0.3, 0.4) is 0 Å². The summed E-state index contributed by atoms with van der Waals surface area (Å²) in [4.78, 5) is 3.72. The van der Waals surface area contributed by atoms with Crippen molar-refractivity contribution in [2.24, 2.45) is 5.73 Å². The number of benzene rings is 1. The minimum atomic E-state index is 0.0744. The molecule has 18 heavy (non-hydrogen) atoms. The van der Waals surface area contributed by atoms with Crippen LogP contribution in [0.2, 0.25) is 0 Å². The van der Waals surface area contributed by atoms with E-state index in [-0.39, 0.29) is 6.04 Å². The molecular weight excluding hydrogens is 240 g/mol. The van der Waals surface area contributed by atoms with Crippen molar-refractivity contribution in [3.8, 4) is 0 Å². The molecule has 96 valence electrons. The maximum atomic E-state index is 6.02. The predicted octanol–water partition coefficient (Wildman–Crippen LogP) is 3.45. The highest BCUT2D eigenvalue weighted by Crippen LogP contribution is 2.24. The Hall–Kier alpha value is -1.32. The van der Waals surface area contributed by atoms with Crippen LogP contribution in [0.1, 0.15) is 23.4 Å². The number of nitrogens with two attached hydrogens (primary N) is 1. The normalized spacial score (nSPS) is 12.4. The van der Waals surface area contributed by atoms with Gasteiger partial charge >= 0.3 is 0 Å². The van der Waals surface area contributed by atoms with E-state index in [1.54, 1.807) is 0 Å². The highest BCUT2D eigenvalue weighted by Gasteiger charge is 2.09. The molecule has 0 spiro atoms. The van der Waals surface area contributed by atoms with E-state index < -0.39 is 0 Å². The quantitative estimate of drug-likeness (QED) is 0.892. The first-order valence-electron chi connectivity index (χ1n) is 6.26. The van der Waals surface area contributed by atoms with Crippen molar-refractivity contribution in [2.75, 3.05) is 18.5 Å². The number of likely N-dealkylation sites (N-methyl/N-ethyl adjacent to an activating group) is 1. The largest absolute Gasteiger partial charge is 0.374 e. The molecule has 0 saturated heterocycles. The van der Waals surface area contributed by atoms with Crippen molar-refractivity contribution in [3.63, 3.8) is 0 Å². The molecule has 2 nitrogen and oxygen atoms in total. The number of rotatable bonds is 5. The molecule has 1 heterocycles. The summed E-state index contributed by atoms with van der Waals surface area (Å²) >= 11 is 1.82. The molecular formula is C15H20N2S. The standard InChI is InChI=1S/C15H20N2S/c1-12(16)14-7-3-4-8-15(14)17(2)10-9-13-6-5-11-18-13/h3-8,11-12H,9-10,16H2,1-2H3/t12-/m1/s1. The Morgan fingerprint density at radius 3 is 2.67 bits per heavy atom. The first-order valence-corrected chi connectivity index (χ1v) is 7.14. The fourth-order valence-corrected chi connectivity index (χ4v) is 2.77. The molecule has 1 atom stereocenters. The van der Waals surface area contributed by atoms with Crippen LogP contribution in [0.15, 0.2) is 41.8 Å². The van der Waals surface area contributed by atoms with Crippen LogP contribution < -0.4 is 10.6 Å². The Balaban J connectivity index is 2.06. The summed E-state index contributed by atoms with van der Waals surface area (Å²) in [6, 6.07) is 12.8. The van der Waals surface area contributed by atoms with Crippen molar-refractivity contribution in [1.82, 2.24) is 0 Å². The van der Waals surface area contributed by atoms with Crippen LogP contribution in [-0.2, 0) is 6.42 Å². The lowest BCUT2D eigenvalue weighted by molar-refractivity contribution is 0.798. The van der Waals surface area contributed by atoms with E-state index >= 15 is 0 Å². The topological polar surface area (TPSA) is 29.3 Å². The minimum Gasteiger partial charge on any atom is -0.374 e. The van der Waals surface area contributed by atoms with E-state index in [4.69, 9.17) is 5.73 Å². The number of hydrogen-bond acceptors (Lipinski definition) is 3. The van der Waals surface area contributed by atoms with E-state index in [9.17, 15) is 0 Å². The maximum Gasteiger partial charge on any atom is 0.0412 e. The van der Waals surface area contributed by atoms with Crippen molar-refractivity contribution in [2.45, 2.75) is 19.4 Å². The van der Waals surface area contributed by atoms with Gasteiger partial charge in [-0.05, 0) is 36.4 Å². The van der Waals surface area contributed by atoms with Crippen LogP contribution in [0.25, 0.3) is 0 Å². The maximum absolute atomic E-state index is 6.02. The van der Waals surface area contributed by atoms with E-state index in [2.05, 4.69) is 53.7 Å². The van der Waals surface area contributed by atoms with Crippen LogP contribution in [0.5, 0.6) is 0 Å². The number of thiophene rings is 1. The zero-order valence-electron chi connectivity index (χ0n) is 11.0. The summed E-state index contributed by atoms with van der Waals surface area (Å²) in [6.07, 6.45) is 1.08. The molecule has 0 aliphatic rings. The molecule has 0 fully saturated rings. The molecule has 2 N–H and O–H groups in total. The van der Waals surface area contributed by atoms with Gasteiger partial charge in [-0.15, -0.1) is 11.3 Å². The van der Waals surface area contributed by atoms with Crippen LogP contribution >= 0.6 is 11.3 Å². The molecule has 1 aromatic carbocycles. The molecule has 0 saturated carbocycles. The zero-order chi connectivity index (χ0) is 13.0. The van der Waals surface area contributed by atoms with E-state index in [1.807, 2.05) is 18.3 Å². The Morgan fingerprint density at radius 1 is 1.22 bits per heavy atom. The molecule has 2 rings (SSSR count). The van der Waals surface area contributed by atoms with Gasteiger partial charge in [-0.1, -0.05) is 24.3 Å². The summed E-state index contributed by atoms with van der Waals surface area (Å²) in [5.41, 5.74) is 8.47. The number of hydrogen-bond donors (Lipinski definition) is 1. The van der Waals surface area contributed by atoms with Crippen molar-refractivity contribution < 1.29 is 0 Å². The van der Waals surface area contributed by atoms with Gasteiger partial charge in [0.05, 0.1) is 0 Å². The fraction of sp³-hybridized carbons (Fsp3) is 0.333. The third kappa shape index (κ3) is 3.12. The van der Waals surface area contributed by atoms with Gasteiger partial charge in [0.2, 0.25) is 0 Å². The van der Waals surface area contributed by atoms with Gasteiger partial charge in [-0.25, -0.2) is 0 Å². The van der Waals surface area contributed by atoms with Gasteiger partial charge in [-0.3, -0.25) is 0 Å². The summed E-state index contributed by atoms with van der Waals surface area (Å²) in [7, 11) is 2.13. The Morgan fingerprint density at radius 2 is 2.00 bits per heavy atom. The van der Waals surface area contributed by atoms with Crippen LogP contribution in [0.4, 0.5) is 5.69 Å². The second-order valence-electron chi connectivity index (χ2n) is 4.60. The summed E-state index contributed by atoms with van der Waals surface area (Å²) in [5, 5.41) is 2.13. The number of anilines is 1. The van der Waals surface area contributed by atoms with Gasteiger partial charge < -0.3 is 10.6 Å². The predicted molar refractivity (Wildman–Crippen MR) is 80.3 cm³/mol. The molecule has 0 radical (unpaired) electrons. The number of nitrogens with zero attached hydrogens (tertiary/aromatic N) is 1. The smallest absolute Gasteiger partial charge is 0.0412 e. The van der Waals surface area contributed by atoms with Gasteiger partial charge in [-0.2, -0.15) is 0 Å². The molecule has 0 bridgehead atoms. The molecule has 0 aliphatic carbocycles. The second-order valence-corrected chi connectivity index (χ2v) is 5.63. The first kappa shape index (κ1) is 13.1.